The molecule has 1 fully saturated rings. The lowest BCUT2D eigenvalue weighted by atomic mass is 10.2. The maximum atomic E-state index is 12.7. The third-order valence-electron chi connectivity index (χ3n) is 4.01. The van der Waals surface area contributed by atoms with Gasteiger partial charge in [-0.15, -0.1) is 12.4 Å². The molecule has 21 heavy (non-hydrogen) atoms. The van der Waals surface area contributed by atoms with Gasteiger partial charge < -0.3 is 9.88 Å². The molecule has 6 nitrogen and oxygen atoms in total. The first-order valence-corrected chi connectivity index (χ1v) is 8.73. The first-order chi connectivity index (χ1) is 9.46. The lowest BCUT2D eigenvalue weighted by molar-refractivity contribution is 0.262. The Hall–Kier alpha value is -0.630. The highest BCUT2D eigenvalue weighted by Gasteiger charge is 2.33. The van der Waals surface area contributed by atoms with Gasteiger partial charge in [-0.3, -0.25) is 0 Å². The van der Waals surface area contributed by atoms with Crippen LogP contribution in [0.2, 0.25) is 0 Å². The van der Waals surface area contributed by atoms with Crippen LogP contribution in [0.1, 0.15) is 32.5 Å². The summed E-state index contributed by atoms with van der Waals surface area (Å²) in [5.74, 6) is 0.908. The average Bonchev–Trinajstić information content (AvgIpc) is 2.82. The number of imidazole rings is 1. The smallest absolute Gasteiger partial charge is 0.262 e. The van der Waals surface area contributed by atoms with Gasteiger partial charge in [0.1, 0.15) is 5.82 Å². The summed E-state index contributed by atoms with van der Waals surface area (Å²) in [5, 5.41) is 3.57. The van der Waals surface area contributed by atoms with E-state index in [2.05, 4.69) is 10.3 Å². The first-order valence-electron chi connectivity index (χ1n) is 7.29. The quantitative estimate of drug-likeness (QED) is 0.876. The fourth-order valence-electron chi connectivity index (χ4n) is 3.12. The highest BCUT2D eigenvalue weighted by atomic mass is 35.5. The van der Waals surface area contributed by atoms with Gasteiger partial charge in [0.05, 0.1) is 0 Å². The van der Waals surface area contributed by atoms with E-state index in [1.54, 1.807) is 10.5 Å². The minimum Gasteiger partial charge on any atom is -0.333 e. The van der Waals surface area contributed by atoms with Gasteiger partial charge in [-0.2, -0.15) is 4.31 Å². The number of piperazine rings is 1. The maximum absolute atomic E-state index is 12.7. The van der Waals surface area contributed by atoms with Crippen LogP contribution in [0.4, 0.5) is 0 Å². The number of fused-ring (bicyclic) bond motifs is 1. The molecule has 2 aliphatic heterocycles. The Morgan fingerprint density at radius 3 is 2.52 bits per heavy atom. The molecule has 3 rings (SSSR count). The lowest BCUT2D eigenvalue weighted by Crippen LogP contribution is -2.55. The number of sulfonamides is 1. The minimum atomic E-state index is -3.46. The molecule has 0 saturated carbocycles. The molecule has 2 atom stereocenters. The molecule has 3 heterocycles. The second kappa shape index (κ2) is 6.24. The Bertz CT molecular complexity index is 568. The van der Waals surface area contributed by atoms with Crippen molar-refractivity contribution in [3.05, 3.63) is 12.0 Å². The van der Waals surface area contributed by atoms with Gasteiger partial charge in [-0.25, -0.2) is 13.4 Å². The van der Waals surface area contributed by atoms with Gasteiger partial charge in [0.2, 0.25) is 0 Å². The van der Waals surface area contributed by atoms with Crippen molar-refractivity contribution in [2.45, 2.75) is 56.8 Å². The summed E-state index contributed by atoms with van der Waals surface area (Å²) in [4.78, 5) is 4.36. The Kier molecular flexibility index (Phi) is 4.97. The van der Waals surface area contributed by atoms with Gasteiger partial charge in [0.25, 0.3) is 10.0 Å². The number of nitrogens with zero attached hydrogens (tertiary/aromatic N) is 3. The Morgan fingerprint density at radius 1 is 1.24 bits per heavy atom. The standard InChI is InChI=1S/C13H22N4O2S.ClH/c1-10-7-17(8-11(2)14-10)20(18,19)13-9-16-6-4-3-5-12(16)15-13;/h9-11,14H,3-8H2,1-2H3;1H. The number of hydrogen-bond acceptors (Lipinski definition) is 4. The van der Waals surface area contributed by atoms with Gasteiger partial charge in [-0.05, 0) is 26.7 Å². The van der Waals surface area contributed by atoms with Crippen LogP contribution in [0.3, 0.4) is 0 Å². The van der Waals surface area contributed by atoms with E-state index in [1.807, 2.05) is 18.4 Å². The summed E-state index contributed by atoms with van der Waals surface area (Å²) in [6, 6.07) is 0.344. The second-order valence-corrected chi connectivity index (χ2v) is 7.82. The van der Waals surface area contributed by atoms with Crippen molar-refractivity contribution in [2.24, 2.45) is 0 Å². The molecule has 2 aliphatic rings. The summed E-state index contributed by atoms with van der Waals surface area (Å²) in [7, 11) is -3.46. The second-order valence-electron chi connectivity index (χ2n) is 5.94. The van der Waals surface area contributed by atoms with Crippen LogP contribution < -0.4 is 5.32 Å². The predicted molar refractivity (Wildman–Crippen MR) is 83.2 cm³/mol. The van der Waals surface area contributed by atoms with E-state index >= 15 is 0 Å². The normalized spacial score (nSPS) is 27.0. The van der Waals surface area contributed by atoms with Crippen molar-refractivity contribution in [3.63, 3.8) is 0 Å². The number of nitrogens with one attached hydrogen (secondary N) is 1. The summed E-state index contributed by atoms with van der Waals surface area (Å²) in [6.07, 6.45) is 4.79. The molecule has 1 N–H and O–H groups in total. The van der Waals surface area contributed by atoms with Gasteiger partial charge in [0.15, 0.2) is 5.03 Å². The van der Waals surface area contributed by atoms with E-state index in [9.17, 15) is 8.42 Å². The Balaban J connectivity index is 0.00000161. The molecule has 1 aromatic heterocycles. The zero-order chi connectivity index (χ0) is 14.3. The van der Waals surface area contributed by atoms with Crippen LogP contribution in [-0.2, 0) is 23.0 Å². The van der Waals surface area contributed by atoms with E-state index in [-0.39, 0.29) is 29.5 Å². The van der Waals surface area contributed by atoms with Crippen molar-refractivity contribution >= 4 is 22.4 Å². The zero-order valence-electron chi connectivity index (χ0n) is 12.4. The zero-order valence-corrected chi connectivity index (χ0v) is 14.1. The lowest BCUT2D eigenvalue weighted by Gasteiger charge is -2.34. The maximum Gasteiger partial charge on any atom is 0.262 e. The topological polar surface area (TPSA) is 67.2 Å². The van der Waals surface area contributed by atoms with Crippen LogP contribution in [0.5, 0.6) is 0 Å². The molecule has 0 radical (unpaired) electrons. The van der Waals surface area contributed by atoms with Crippen molar-refractivity contribution in [2.75, 3.05) is 13.1 Å². The number of rotatable bonds is 2. The van der Waals surface area contributed by atoms with Gasteiger partial charge in [0, 0.05) is 44.3 Å². The fourth-order valence-corrected chi connectivity index (χ4v) is 4.70. The molecule has 0 amide bonds. The van der Waals surface area contributed by atoms with E-state index in [1.165, 1.54) is 0 Å². The summed E-state index contributed by atoms with van der Waals surface area (Å²) < 4.78 is 29.0. The summed E-state index contributed by atoms with van der Waals surface area (Å²) in [6.45, 7) is 5.92. The van der Waals surface area contributed by atoms with E-state index in [4.69, 9.17) is 0 Å². The highest BCUT2D eigenvalue weighted by Crippen LogP contribution is 2.21. The Morgan fingerprint density at radius 2 is 1.90 bits per heavy atom. The SMILES string of the molecule is CC1CN(S(=O)(=O)c2cn3c(n2)CCCC3)CC(C)N1.Cl. The molecule has 0 aromatic carbocycles. The van der Waals surface area contributed by atoms with Crippen molar-refractivity contribution in [1.29, 1.82) is 0 Å². The number of hydrogen-bond donors (Lipinski definition) is 1. The van der Waals surface area contributed by atoms with Crippen LogP contribution >= 0.6 is 12.4 Å². The molecule has 8 heteroatoms. The van der Waals surface area contributed by atoms with Crippen LogP contribution in [0.25, 0.3) is 0 Å². The first kappa shape index (κ1) is 16.7. The van der Waals surface area contributed by atoms with Crippen LogP contribution in [0.15, 0.2) is 11.2 Å². The molecule has 120 valence electrons. The fraction of sp³-hybridized carbons (Fsp3) is 0.769. The molecular formula is C13H23ClN4O2S. The third-order valence-corrected chi connectivity index (χ3v) is 5.72. The third kappa shape index (κ3) is 3.26. The van der Waals surface area contributed by atoms with Crippen LogP contribution in [0, 0.1) is 0 Å². The molecule has 1 saturated heterocycles. The minimum absolute atomic E-state index is 0. The molecule has 0 aliphatic carbocycles. The van der Waals surface area contributed by atoms with Crippen molar-refractivity contribution < 1.29 is 8.42 Å². The van der Waals surface area contributed by atoms with E-state index in [0.717, 1.165) is 31.6 Å². The molecular weight excluding hydrogens is 312 g/mol. The average molecular weight is 335 g/mol. The number of aryl methyl sites for hydroxylation is 2. The Labute approximate surface area is 132 Å². The highest BCUT2D eigenvalue weighted by molar-refractivity contribution is 7.89. The van der Waals surface area contributed by atoms with Gasteiger partial charge >= 0.3 is 0 Å². The molecule has 1 aromatic rings. The predicted octanol–water partition coefficient (Wildman–Crippen LogP) is 1.01. The van der Waals surface area contributed by atoms with Crippen molar-refractivity contribution in [1.82, 2.24) is 19.2 Å². The molecule has 0 bridgehead atoms. The summed E-state index contributed by atoms with van der Waals surface area (Å²) >= 11 is 0. The molecule has 2 unspecified atom stereocenters. The van der Waals surface area contributed by atoms with Crippen LogP contribution in [-0.4, -0.2) is 47.4 Å². The van der Waals surface area contributed by atoms with Gasteiger partial charge in [-0.1, -0.05) is 0 Å². The van der Waals surface area contributed by atoms with E-state index in [0.29, 0.717) is 13.1 Å². The molecule has 0 spiro atoms. The monoisotopic (exact) mass is 334 g/mol. The summed E-state index contributed by atoms with van der Waals surface area (Å²) in [5.41, 5.74) is 0. The van der Waals surface area contributed by atoms with Crippen molar-refractivity contribution in [3.8, 4) is 0 Å². The largest absolute Gasteiger partial charge is 0.333 e. The number of halogens is 1. The van der Waals surface area contributed by atoms with E-state index < -0.39 is 10.0 Å². The number of aromatic nitrogens is 2.